The Labute approximate surface area is 105 Å². The number of hydrogen-bond acceptors (Lipinski definition) is 5. The van der Waals surface area contributed by atoms with Crippen molar-refractivity contribution in [2.24, 2.45) is 0 Å². The summed E-state index contributed by atoms with van der Waals surface area (Å²) in [5, 5.41) is 8.85. The van der Waals surface area contributed by atoms with Crippen molar-refractivity contribution in [3.63, 3.8) is 0 Å². The zero-order valence-corrected chi connectivity index (χ0v) is 9.83. The van der Waals surface area contributed by atoms with Crippen LogP contribution in [0.5, 0.6) is 11.6 Å². The van der Waals surface area contributed by atoms with Gasteiger partial charge in [-0.25, -0.2) is 9.97 Å². The molecule has 0 aliphatic carbocycles. The van der Waals surface area contributed by atoms with Crippen molar-refractivity contribution in [1.82, 2.24) is 9.97 Å². The molecule has 0 fully saturated rings. The van der Waals surface area contributed by atoms with E-state index in [2.05, 4.69) is 9.97 Å². The van der Waals surface area contributed by atoms with Gasteiger partial charge in [-0.1, -0.05) is 12.1 Å². The molecule has 0 spiro atoms. The largest absolute Gasteiger partial charge is 0.497 e. The molecule has 0 unspecified atom stereocenters. The van der Waals surface area contributed by atoms with Gasteiger partial charge in [-0.2, -0.15) is 5.26 Å². The summed E-state index contributed by atoms with van der Waals surface area (Å²) < 4.78 is 10.6. The van der Waals surface area contributed by atoms with Crippen LogP contribution < -0.4 is 9.47 Å². The number of nitriles is 1. The van der Waals surface area contributed by atoms with E-state index in [0.29, 0.717) is 6.61 Å². The zero-order chi connectivity index (χ0) is 12.8. The minimum atomic E-state index is 0.181. The molecular formula is C13H11N3O2. The van der Waals surface area contributed by atoms with Crippen molar-refractivity contribution >= 4 is 0 Å². The summed E-state index contributed by atoms with van der Waals surface area (Å²) in [6.45, 7) is 0.310. The van der Waals surface area contributed by atoms with E-state index >= 15 is 0 Å². The fraction of sp³-hybridized carbons (Fsp3) is 0.154. The summed E-state index contributed by atoms with van der Waals surface area (Å²) in [6, 6.07) is 9.43. The summed E-state index contributed by atoms with van der Waals surface area (Å²) in [7, 11) is 1.61. The van der Waals surface area contributed by atoms with Crippen LogP contribution in [0.15, 0.2) is 36.7 Å². The number of ether oxygens (including phenoxy) is 2. The van der Waals surface area contributed by atoms with Gasteiger partial charge < -0.3 is 9.47 Å². The van der Waals surface area contributed by atoms with Crippen LogP contribution in [0.25, 0.3) is 0 Å². The second kappa shape index (κ2) is 5.64. The summed E-state index contributed by atoms with van der Waals surface area (Å²) in [5.41, 5.74) is 1.12. The topological polar surface area (TPSA) is 68.0 Å². The first-order valence-electron chi connectivity index (χ1n) is 5.30. The molecule has 2 aromatic rings. The molecule has 1 heterocycles. The number of aromatic nitrogens is 2. The molecule has 0 aliphatic rings. The molecule has 0 amide bonds. The van der Waals surface area contributed by atoms with Gasteiger partial charge in [-0.15, -0.1) is 0 Å². The van der Waals surface area contributed by atoms with Gasteiger partial charge in [0.05, 0.1) is 7.11 Å². The van der Waals surface area contributed by atoms with Crippen molar-refractivity contribution in [2.45, 2.75) is 6.61 Å². The fourth-order valence-corrected chi connectivity index (χ4v) is 1.42. The first kappa shape index (κ1) is 11.9. The maximum Gasteiger partial charge on any atom is 0.251 e. The van der Waals surface area contributed by atoms with Gasteiger partial charge in [0.1, 0.15) is 18.4 Å². The summed E-state index contributed by atoms with van der Waals surface area (Å²) in [4.78, 5) is 7.84. The van der Waals surface area contributed by atoms with Gasteiger partial charge in [0, 0.05) is 12.4 Å². The fourth-order valence-electron chi connectivity index (χ4n) is 1.42. The molecule has 0 bridgehead atoms. The normalized spacial score (nSPS) is 9.56. The zero-order valence-electron chi connectivity index (χ0n) is 9.83. The van der Waals surface area contributed by atoms with Crippen LogP contribution in [0.2, 0.25) is 0 Å². The summed E-state index contributed by atoms with van der Waals surface area (Å²) in [5.74, 6) is 0.999. The lowest BCUT2D eigenvalue weighted by atomic mass is 10.2. The van der Waals surface area contributed by atoms with Crippen LogP contribution in [-0.2, 0) is 6.61 Å². The van der Waals surface area contributed by atoms with Crippen LogP contribution in [0.3, 0.4) is 0 Å². The molecular weight excluding hydrogens is 230 g/mol. The highest BCUT2D eigenvalue weighted by Gasteiger charge is 2.05. The highest BCUT2D eigenvalue weighted by atomic mass is 16.5. The van der Waals surface area contributed by atoms with E-state index in [1.165, 1.54) is 12.4 Å². The van der Waals surface area contributed by atoms with Crippen molar-refractivity contribution in [2.75, 3.05) is 7.11 Å². The van der Waals surface area contributed by atoms with Crippen molar-refractivity contribution in [3.05, 3.63) is 47.9 Å². The second-order valence-corrected chi connectivity index (χ2v) is 3.46. The van der Waals surface area contributed by atoms with Crippen LogP contribution in [0.1, 0.15) is 11.3 Å². The monoisotopic (exact) mass is 241 g/mol. The third-order valence-corrected chi connectivity index (χ3v) is 2.28. The van der Waals surface area contributed by atoms with Crippen LogP contribution in [0.4, 0.5) is 0 Å². The van der Waals surface area contributed by atoms with Crippen LogP contribution in [-0.4, -0.2) is 17.1 Å². The standard InChI is InChI=1S/C13H11N3O2/c1-17-11-4-2-3-10(7-11)9-18-13-12(8-14)15-5-6-16-13/h2-7H,9H2,1H3. The molecule has 18 heavy (non-hydrogen) atoms. The Hall–Kier alpha value is -2.61. The Morgan fingerprint density at radius 2 is 2.11 bits per heavy atom. The number of hydrogen-bond donors (Lipinski definition) is 0. The summed E-state index contributed by atoms with van der Waals surface area (Å²) in [6.07, 6.45) is 2.94. The molecule has 5 heteroatoms. The highest BCUT2D eigenvalue weighted by molar-refractivity contribution is 5.31. The second-order valence-electron chi connectivity index (χ2n) is 3.46. The van der Waals surface area contributed by atoms with E-state index in [4.69, 9.17) is 14.7 Å². The molecule has 90 valence electrons. The lowest BCUT2D eigenvalue weighted by molar-refractivity contribution is 0.290. The van der Waals surface area contributed by atoms with E-state index in [9.17, 15) is 0 Å². The molecule has 0 aliphatic heterocycles. The Balaban J connectivity index is 2.09. The molecule has 2 rings (SSSR count). The minimum absolute atomic E-state index is 0.181. The highest BCUT2D eigenvalue weighted by Crippen LogP contribution is 2.16. The lowest BCUT2D eigenvalue weighted by Gasteiger charge is -2.07. The van der Waals surface area contributed by atoms with Crippen LogP contribution >= 0.6 is 0 Å². The Morgan fingerprint density at radius 1 is 1.28 bits per heavy atom. The number of methoxy groups -OCH3 is 1. The van der Waals surface area contributed by atoms with E-state index < -0.39 is 0 Å². The van der Waals surface area contributed by atoms with Crippen molar-refractivity contribution in [3.8, 4) is 17.7 Å². The third kappa shape index (κ3) is 2.74. The lowest BCUT2D eigenvalue weighted by Crippen LogP contribution is -2.00. The molecule has 0 radical (unpaired) electrons. The minimum Gasteiger partial charge on any atom is -0.497 e. The molecule has 1 aromatic heterocycles. The van der Waals surface area contributed by atoms with Gasteiger partial charge in [0.15, 0.2) is 0 Å². The average Bonchev–Trinajstić information content (AvgIpc) is 2.45. The van der Waals surface area contributed by atoms with Gasteiger partial charge in [0.25, 0.3) is 5.88 Å². The van der Waals surface area contributed by atoms with Gasteiger partial charge in [-0.05, 0) is 17.7 Å². The average molecular weight is 241 g/mol. The molecule has 0 N–H and O–H groups in total. The van der Waals surface area contributed by atoms with E-state index in [1.807, 2.05) is 30.3 Å². The first-order valence-corrected chi connectivity index (χ1v) is 5.30. The molecule has 0 atom stereocenters. The van der Waals surface area contributed by atoms with Crippen molar-refractivity contribution in [1.29, 1.82) is 5.26 Å². The number of rotatable bonds is 4. The summed E-state index contributed by atoms with van der Waals surface area (Å²) >= 11 is 0. The van der Waals surface area contributed by atoms with Crippen molar-refractivity contribution < 1.29 is 9.47 Å². The van der Waals surface area contributed by atoms with E-state index in [1.54, 1.807) is 7.11 Å². The maximum atomic E-state index is 8.85. The Kier molecular flexibility index (Phi) is 3.72. The Bertz CT molecular complexity index is 578. The molecule has 5 nitrogen and oxygen atoms in total. The predicted octanol–water partition coefficient (Wildman–Crippen LogP) is 1.94. The third-order valence-electron chi connectivity index (χ3n) is 2.28. The van der Waals surface area contributed by atoms with Gasteiger partial charge >= 0.3 is 0 Å². The number of nitrogens with zero attached hydrogens (tertiary/aromatic N) is 3. The predicted molar refractivity (Wildman–Crippen MR) is 64.1 cm³/mol. The maximum absolute atomic E-state index is 8.85. The first-order chi connectivity index (χ1) is 8.83. The molecule has 0 saturated heterocycles. The SMILES string of the molecule is COc1cccc(COc2nccnc2C#N)c1. The smallest absolute Gasteiger partial charge is 0.251 e. The van der Waals surface area contributed by atoms with Gasteiger partial charge in [-0.3, -0.25) is 0 Å². The quantitative estimate of drug-likeness (QED) is 0.818. The van der Waals surface area contributed by atoms with E-state index in [0.717, 1.165) is 11.3 Å². The van der Waals surface area contributed by atoms with Gasteiger partial charge in [0.2, 0.25) is 5.69 Å². The molecule has 1 aromatic carbocycles. The Morgan fingerprint density at radius 3 is 2.89 bits per heavy atom. The van der Waals surface area contributed by atoms with E-state index in [-0.39, 0.29) is 11.6 Å². The molecule has 0 saturated carbocycles. The van der Waals surface area contributed by atoms with Crippen LogP contribution in [0, 0.1) is 11.3 Å². The number of benzene rings is 1.